The van der Waals surface area contributed by atoms with Gasteiger partial charge in [-0.05, 0) is 81.3 Å². The molecule has 228 valence electrons. The topological polar surface area (TPSA) is 165 Å². The number of rotatable bonds is 8. The minimum atomic E-state index is -2.65. The minimum Gasteiger partial charge on any atom is -0.508 e. The van der Waals surface area contributed by atoms with Gasteiger partial charge in [0.25, 0.3) is 5.91 Å². The van der Waals surface area contributed by atoms with E-state index in [1.807, 2.05) is 43.3 Å². The zero-order valence-corrected chi connectivity index (χ0v) is 24.9. The first-order valence-electron chi connectivity index (χ1n) is 14.5. The fourth-order valence-electron chi connectivity index (χ4n) is 7.22. The number of aromatic hydroxyl groups is 1. The molecule has 2 aromatic rings. The van der Waals surface area contributed by atoms with Crippen molar-refractivity contribution in [2.24, 2.45) is 17.6 Å². The van der Waals surface area contributed by atoms with E-state index in [0.29, 0.717) is 17.5 Å². The molecule has 1 amide bonds. The molecule has 2 aromatic carbocycles. The second-order valence-corrected chi connectivity index (χ2v) is 12.3. The second-order valence-electron chi connectivity index (χ2n) is 12.3. The molecule has 6 N–H and O–H groups in total. The van der Waals surface area contributed by atoms with Gasteiger partial charge in [-0.1, -0.05) is 30.3 Å². The molecule has 43 heavy (non-hydrogen) atoms. The number of amides is 1. The summed E-state index contributed by atoms with van der Waals surface area (Å²) in [6.07, 6.45) is 3.41. The Balaban J connectivity index is 1.58. The van der Waals surface area contributed by atoms with E-state index in [4.69, 9.17) is 5.73 Å². The van der Waals surface area contributed by atoms with Gasteiger partial charge in [0.05, 0.1) is 11.6 Å². The number of aliphatic hydroxyl groups excluding tert-OH is 2. The maximum absolute atomic E-state index is 14.1. The van der Waals surface area contributed by atoms with Crippen LogP contribution in [0.3, 0.4) is 0 Å². The molecule has 10 nitrogen and oxygen atoms in total. The van der Waals surface area contributed by atoms with Gasteiger partial charge in [0.1, 0.15) is 22.8 Å². The van der Waals surface area contributed by atoms with Crippen LogP contribution < -0.4 is 10.6 Å². The lowest BCUT2D eigenvalue weighted by atomic mass is 9.57. The Hall–Kier alpha value is -4.15. The van der Waals surface area contributed by atoms with Crippen molar-refractivity contribution in [2.75, 3.05) is 33.1 Å². The van der Waals surface area contributed by atoms with Crippen LogP contribution in [0.5, 0.6) is 5.75 Å². The molecule has 0 radical (unpaired) electrons. The summed E-state index contributed by atoms with van der Waals surface area (Å²) in [4.78, 5) is 43.0. The minimum absolute atomic E-state index is 0.0562. The van der Waals surface area contributed by atoms with E-state index in [9.17, 15) is 34.8 Å². The molecule has 1 unspecified atom stereocenters. The lowest BCUT2D eigenvalue weighted by Crippen LogP contribution is -2.65. The van der Waals surface area contributed by atoms with E-state index in [1.54, 1.807) is 14.1 Å². The normalized spacial score (nSPS) is 25.0. The quantitative estimate of drug-likeness (QED) is 0.230. The van der Waals surface area contributed by atoms with Gasteiger partial charge in [-0.15, -0.1) is 0 Å². The number of primary amides is 1. The molecule has 4 atom stereocenters. The van der Waals surface area contributed by atoms with Crippen LogP contribution in [0.15, 0.2) is 53.3 Å². The molecule has 1 fully saturated rings. The summed E-state index contributed by atoms with van der Waals surface area (Å²) >= 11 is 0. The standard InChI is InChI=1S/C33H39N3O7/c1-35(2)22-16-18(13-9-8-12-17-10-6-5-7-11-17)27(37)24-20(22)14-19-15-21-26(36(3)4)29(39)25(32(34)42)31(41)33(21,43)30(40)23(19)28(24)38/h5-7,10-11,16,19,21,26,37-38,41,43H,8-9,12-15H2,1-4H3,(H2,34,42)/t19-,21-,26?,33+/m0/s1. The van der Waals surface area contributed by atoms with E-state index >= 15 is 0 Å². The largest absolute Gasteiger partial charge is 0.508 e. The smallest absolute Gasteiger partial charge is 0.255 e. The van der Waals surface area contributed by atoms with Crippen molar-refractivity contribution in [1.82, 2.24) is 4.90 Å². The maximum Gasteiger partial charge on any atom is 0.255 e. The lowest BCUT2D eigenvalue weighted by Gasteiger charge is -2.50. The first-order valence-corrected chi connectivity index (χ1v) is 14.5. The summed E-state index contributed by atoms with van der Waals surface area (Å²) in [5.41, 5.74) is 5.20. The van der Waals surface area contributed by atoms with Crippen LogP contribution in [0.2, 0.25) is 0 Å². The number of ketones is 2. The molecule has 10 heteroatoms. The summed E-state index contributed by atoms with van der Waals surface area (Å²) in [5, 5.41) is 46.0. The third-order valence-corrected chi connectivity index (χ3v) is 9.26. The highest BCUT2D eigenvalue weighted by Gasteiger charge is 2.64. The van der Waals surface area contributed by atoms with Crippen LogP contribution in [0, 0.1) is 11.8 Å². The average Bonchev–Trinajstić information content (AvgIpc) is 2.94. The van der Waals surface area contributed by atoms with Crippen molar-refractivity contribution in [3.8, 4) is 5.75 Å². The first kappa shape index (κ1) is 30.3. The number of unbranched alkanes of at least 4 members (excludes halogenated alkanes) is 1. The van der Waals surface area contributed by atoms with Crippen LogP contribution in [0.1, 0.15) is 41.5 Å². The van der Waals surface area contributed by atoms with Gasteiger partial charge in [-0.3, -0.25) is 19.3 Å². The molecule has 0 aliphatic heterocycles. The highest BCUT2D eigenvalue weighted by molar-refractivity contribution is 6.24. The average molecular weight is 590 g/mol. The van der Waals surface area contributed by atoms with E-state index in [1.165, 1.54) is 10.5 Å². The number of anilines is 1. The number of phenols is 1. The molecule has 3 aliphatic rings. The van der Waals surface area contributed by atoms with Crippen molar-refractivity contribution in [3.05, 3.63) is 75.6 Å². The lowest BCUT2D eigenvalue weighted by molar-refractivity contribution is -0.153. The van der Waals surface area contributed by atoms with Crippen molar-refractivity contribution in [1.29, 1.82) is 0 Å². The van der Waals surface area contributed by atoms with Crippen molar-refractivity contribution in [3.63, 3.8) is 0 Å². The number of aliphatic hydroxyl groups is 3. The van der Waals surface area contributed by atoms with Crippen LogP contribution >= 0.6 is 0 Å². The third-order valence-electron chi connectivity index (χ3n) is 9.26. The summed E-state index contributed by atoms with van der Waals surface area (Å²) in [6, 6.07) is 10.9. The Morgan fingerprint density at radius 1 is 1.02 bits per heavy atom. The van der Waals surface area contributed by atoms with E-state index in [0.717, 1.165) is 24.9 Å². The number of likely N-dealkylation sites (N-methyl/N-ethyl adjacent to an activating group) is 1. The zero-order chi connectivity index (χ0) is 31.4. The molecule has 3 aliphatic carbocycles. The van der Waals surface area contributed by atoms with Gasteiger partial charge in [-0.2, -0.15) is 0 Å². The van der Waals surface area contributed by atoms with Crippen LogP contribution in [0.4, 0.5) is 5.69 Å². The molecule has 0 aromatic heterocycles. The number of aryl methyl sites for hydroxylation is 2. The Morgan fingerprint density at radius 3 is 2.28 bits per heavy atom. The highest BCUT2D eigenvalue weighted by Crippen LogP contribution is 2.54. The molecule has 0 saturated heterocycles. The maximum atomic E-state index is 14.1. The number of Topliss-reactive ketones (excluding diaryl/α,β-unsaturated/α-hetero) is 2. The molecule has 5 rings (SSSR count). The van der Waals surface area contributed by atoms with Gasteiger partial charge in [0.15, 0.2) is 11.4 Å². The highest BCUT2D eigenvalue weighted by atomic mass is 16.3. The summed E-state index contributed by atoms with van der Waals surface area (Å²) in [7, 11) is 6.89. The van der Waals surface area contributed by atoms with E-state index in [2.05, 4.69) is 12.1 Å². The van der Waals surface area contributed by atoms with Crippen molar-refractivity contribution in [2.45, 2.75) is 50.2 Å². The fourth-order valence-corrected chi connectivity index (χ4v) is 7.22. The third kappa shape index (κ3) is 4.78. The van der Waals surface area contributed by atoms with Crippen LogP contribution in [-0.4, -0.2) is 82.6 Å². The molecule has 0 spiro atoms. The van der Waals surface area contributed by atoms with Crippen molar-refractivity contribution < 1.29 is 34.8 Å². The number of phenolic OH excluding ortho intramolecular Hbond substituents is 1. The number of hydrogen-bond donors (Lipinski definition) is 5. The summed E-state index contributed by atoms with van der Waals surface area (Å²) < 4.78 is 0. The van der Waals surface area contributed by atoms with E-state index in [-0.39, 0.29) is 29.7 Å². The Bertz CT molecular complexity index is 1560. The first-order chi connectivity index (χ1) is 20.3. The second kappa shape index (κ2) is 11.2. The summed E-state index contributed by atoms with van der Waals surface area (Å²) in [6.45, 7) is 0. The number of carbonyl (C=O) groups is 3. The number of fused-ring (bicyclic) bond motifs is 3. The molecular formula is C33H39N3O7. The number of carbonyl (C=O) groups excluding carboxylic acids is 3. The molecule has 0 heterocycles. The summed E-state index contributed by atoms with van der Waals surface area (Å²) in [5.74, 6) is -6.44. The van der Waals surface area contributed by atoms with Gasteiger partial charge in [0, 0.05) is 31.3 Å². The fraction of sp³-hybridized carbons (Fsp3) is 0.424. The SMILES string of the molecule is CN(C)c1cc(CCCCc2ccccc2)c(O)c2c1C[C@H]1C[C@H]3C(N(C)C)C(=O)C(C(N)=O)=C(O)[C@]3(O)C(=O)C1=C2O. The predicted octanol–water partition coefficient (Wildman–Crippen LogP) is 2.60. The Kier molecular flexibility index (Phi) is 7.87. The zero-order valence-electron chi connectivity index (χ0n) is 24.9. The van der Waals surface area contributed by atoms with Gasteiger partial charge in [0.2, 0.25) is 5.78 Å². The predicted molar refractivity (Wildman–Crippen MR) is 162 cm³/mol. The molecule has 0 bridgehead atoms. The number of benzene rings is 2. The Morgan fingerprint density at radius 2 is 1.67 bits per heavy atom. The van der Waals surface area contributed by atoms with E-state index < -0.39 is 58.0 Å². The number of nitrogens with zero attached hydrogens (tertiary/aromatic N) is 2. The molecule has 1 saturated carbocycles. The monoisotopic (exact) mass is 589 g/mol. The Labute approximate surface area is 250 Å². The van der Waals surface area contributed by atoms with Crippen LogP contribution in [-0.2, 0) is 33.6 Å². The van der Waals surface area contributed by atoms with Crippen molar-refractivity contribution >= 4 is 28.9 Å². The number of hydrogen-bond acceptors (Lipinski definition) is 9. The van der Waals surface area contributed by atoms with Gasteiger partial charge < -0.3 is 31.1 Å². The molecular weight excluding hydrogens is 550 g/mol. The number of nitrogens with two attached hydrogens (primary N) is 1. The van der Waals surface area contributed by atoms with Gasteiger partial charge in [-0.25, -0.2) is 0 Å². The van der Waals surface area contributed by atoms with Gasteiger partial charge >= 0.3 is 0 Å². The van der Waals surface area contributed by atoms with Crippen LogP contribution in [0.25, 0.3) is 5.76 Å².